The first kappa shape index (κ1) is 19.7. The molecule has 3 aromatic heterocycles. The Morgan fingerprint density at radius 3 is 2.70 bits per heavy atom. The average molecular weight is 401 g/mol. The second-order valence-electron chi connectivity index (χ2n) is 7.10. The first-order valence-electron chi connectivity index (χ1n) is 9.77. The number of nitrogens with zero attached hydrogens (tertiary/aromatic N) is 4. The van der Waals surface area contributed by atoms with E-state index in [1.807, 2.05) is 18.2 Å². The number of nitrogens with one attached hydrogen (secondary N) is 3. The smallest absolute Gasteiger partial charge is 0.273 e. The SMILES string of the molecule is Cc1[nH]c(C=C2C(=O)NN=C2c2cnccn2)c(C)c1CCNCc1ccncc1. The second kappa shape index (κ2) is 8.79. The van der Waals surface area contributed by atoms with Crippen molar-refractivity contribution < 1.29 is 4.79 Å². The molecule has 1 aliphatic heterocycles. The van der Waals surface area contributed by atoms with Crippen molar-refractivity contribution in [2.24, 2.45) is 5.10 Å². The summed E-state index contributed by atoms with van der Waals surface area (Å²) < 4.78 is 0. The predicted octanol–water partition coefficient (Wildman–Crippen LogP) is 2.07. The molecule has 30 heavy (non-hydrogen) atoms. The van der Waals surface area contributed by atoms with Crippen molar-refractivity contribution in [1.29, 1.82) is 0 Å². The van der Waals surface area contributed by atoms with Crippen LogP contribution in [0.25, 0.3) is 6.08 Å². The number of aromatic amines is 1. The Morgan fingerprint density at radius 2 is 1.93 bits per heavy atom. The summed E-state index contributed by atoms with van der Waals surface area (Å²) in [6.07, 6.45) is 11.1. The molecule has 0 spiro atoms. The van der Waals surface area contributed by atoms with Gasteiger partial charge in [-0.2, -0.15) is 5.10 Å². The van der Waals surface area contributed by atoms with E-state index in [1.165, 1.54) is 11.1 Å². The Labute approximate surface area is 174 Å². The quantitative estimate of drug-likeness (QED) is 0.415. The van der Waals surface area contributed by atoms with Crippen LogP contribution in [-0.4, -0.2) is 38.1 Å². The first-order chi connectivity index (χ1) is 14.6. The van der Waals surface area contributed by atoms with Crippen molar-refractivity contribution in [3.63, 3.8) is 0 Å². The number of rotatable bonds is 7. The van der Waals surface area contributed by atoms with Gasteiger partial charge in [0.2, 0.25) is 0 Å². The zero-order valence-electron chi connectivity index (χ0n) is 16.9. The van der Waals surface area contributed by atoms with E-state index in [0.29, 0.717) is 17.0 Å². The van der Waals surface area contributed by atoms with Gasteiger partial charge in [0, 0.05) is 42.7 Å². The third kappa shape index (κ3) is 4.18. The van der Waals surface area contributed by atoms with Gasteiger partial charge in [0.05, 0.1) is 11.8 Å². The average Bonchev–Trinajstić information content (AvgIpc) is 3.26. The number of carbonyl (C=O) groups is 1. The van der Waals surface area contributed by atoms with Crippen molar-refractivity contribution in [3.05, 3.63) is 82.5 Å². The van der Waals surface area contributed by atoms with Gasteiger partial charge in [-0.1, -0.05) is 0 Å². The van der Waals surface area contributed by atoms with Crippen LogP contribution >= 0.6 is 0 Å². The highest BCUT2D eigenvalue weighted by atomic mass is 16.2. The van der Waals surface area contributed by atoms with Crippen molar-refractivity contribution in [2.75, 3.05) is 6.54 Å². The number of H-pyrrole nitrogens is 1. The summed E-state index contributed by atoms with van der Waals surface area (Å²) in [5, 5.41) is 7.60. The molecule has 3 N–H and O–H groups in total. The fraction of sp³-hybridized carbons (Fsp3) is 0.227. The summed E-state index contributed by atoms with van der Waals surface area (Å²) in [6.45, 7) is 5.78. The highest BCUT2D eigenvalue weighted by Gasteiger charge is 2.26. The molecule has 0 atom stereocenters. The molecule has 4 heterocycles. The Kier molecular flexibility index (Phi) is 5.76. The van der Waals surface area contributed by atoms with Crippen molar-refractivity contribution >= 4 is 17.7 Å². The fourth-order valence-corrected chi connectivity index (χ4v) is 3.51. The molecule has 0 radical (unpaired) electrons. The Morgan fingerprint density at radius 1 is 1.10 bits per heavy atom. The lowest BCUT2D eigenvalue weighted by atomic mass is 10.0. The van der Waals surface area contributed by atoms with Crippen molar-refractivity contribution in [3.8, 4) is 0 Å². The monoisotopic (exact) mass is 401 g/mol. The van der Waals surface area contributed by atoms with E-state index in [1.54, 1.807) is 31.0 Å². The summed E-state index contributed by atoms with van der Waals surface area (Å²) in [7, 11) is 0. The zero-order chi connectivity index (χ0) is 20.9. The van der Waals surface area contributed by atoms with Crippen LogP contribution in [0.2, 0.25) is 0 Å². The molecule has 1 aliphatic rings. The number of pyridine rings is 1. The molecule has 1 amide bonds. The van der Waals surface area contributed by atoms with Gasteiger partial charge in [-0.15, -0.1) is 0 Å². The highest BCUT2D eigenvalue weighted by molar-refractivity contribution is 6.32. The van der Waals surface area contributed by atoms with Crippen LogP contribution in [-0.2, 0) is 17.8 Å². The third-order valence-electron chi connectivity index (χ3n) is 5.13. The first-order valence-corrected chi connectivity index (χ1v) is 9.77. The number of hydrogen-bond acceptors (Lipinski definition) is 6. The van der Waals surface area contributed by atoms with E-state index < -0.39 is 0 Å². The van der Waals surface area contributed by atoms with E-state index in [9.17, 15) is 4.79 Å². The molecule has 3 aromatic rings. The summed E-state index contributed by atoms with van der Waals surface area (Å²) in [5.41, 5.74) is 9.64. The van der Waals surface area contributed by atoms with Gasteiger partial charge >= 0.3 is 0 Å². The van der Waals surface area contributed by atoms with Crippen LogP contribution in [0.15, 0.2) is 53.8 Å². The number of carbonyl (C=O) groups excluding carboxylic acids is 1. The molecule has 0 saturated carbocycles. The normalized spacial score (nSPS) is 14.8. The molecule has 0 saturated heterocycles. The minimum Gasteiger partial charge on any atom is -0.359 e. The lowest BCUT2D eigenvalue weighted by molar-refractivity contribution is -0.116. The molecule has 0 aliphatic carbocycles. The van der Waals surface area contributed by atoms with Crippen LogP contribution in [0, 0.1) is 13.8 Å². The molecule has 0 fully saturated rings. The van der Waals surface area contributed by atoms with Gasteiger partial charge in [0.15, 0.2) is 0 Å². The second-order valence-corrected chi connectivity index (χ2v) is 7.10. The van der Waals surface area contributed by atoms with Crippen LogP contribution < -0.4 is 10.7 Å². The summed E-state index contributed by atoms with van der Waals surface area (Å²) in [6, 6.07) is 4.01. The number of hydrogen-bond donors (Lipinski definition) is 3. The van der Waals surface area contributed by atoms with Crippen molar-refractivity contribution in [2.45, 2.75) is 26.8 Å². The molecule has 0 unspecified atom stereocenters. The largest absolute Gasteiger partial charge is 0.359 e. The van der Waals surface area contributed by atoms with E-state index in [2.05, 4.69) is 49.6 Å². The maximum atomic E-state index is 12.3. The summed E-state index contributed by atoms with van der Waals surface area (Å²) in [4.78, 5) is 28.1. The highest BCUT2D eigenvalue weighted by Crippen LogP contribution is 2.23. The lowest BCUT2D eigenvalue weighted by Gasteiger charge is -2.06. The van der Waals surface area contributed by atoms with E-state index in [-0.39, 0.29) is 5.91 Å². The van der Waals surface area contributed by atoms with E-state index in [4.69, 9.17) is 0 Å². The lowest BCUT2D eigenvalue weighted by Crippen LogP contribution is -2.17. The number of amides is 1. The van der Waals surface area contributed by atoms with Crippen LogP contribution in [0.4, 0.5) is 0 Å². The van der Waals surface area contributed by atoms with Gasteiger partial charge < -0.3 is 10.3 Å². The Bertz CT molecular complexity index is 1100. The van der Waals surface area contributed by atoms with Crippen LogP contribution in [0.5, 0.6) is 0 Å². The minimum atomic E-state index is -0.247. The fourth-order valence-electron chi connectivity index (χ4n) is 3.51. The zero-order valence-corrected chi connectivity index (χ0v) is 16.9. The van der Waals surface area contributed by atoms with Gasteiger partial charge in [0.25, 0.3) is 5.91 Å². The molecule has 152 valence electrons. The Balaban J connectivity index is 1.49. The molecular formula is C22H23N7O. The maximum absolute atomic E-state index is 12.3. The minimum absolute atomic E-state index is 0.247. The molecule has 4 rings (SSSR count). The third-order valence-corrected chi connectivity index (χ3v) is 5.13. The predicted molar refractivity (Wildman–Crippen MR) is 115 cm³/mol. The number of hydrazone groups is 1. The summed E-state index contributed by atoms with van der Waals surface area (Å²) >= 11 is 0. The van der Waals surface area contributed by atoms with Gasteiger partial charge in [0.1, 0.15) is 11.4 Å². The van der Waals surface area contributed by atoms with E-state index >= 15 is 0 Å². The molecule has 0 aromatic carbocycles. The molecule has 8 nitrogen and oxygen atoms in total. The van der Waals surface area contributed by atoms with Crippen LogP contribution in [0.1, 0.15) is 33.8 Å². The topological polar surface area (TPSA) is 108 Å². The van der Waals surface area contributed by atoms with Gasteiger partial charge in [-0.05, 0) is 61.7 Å². The Hall–Kier alpha value is -3.65. The van der Waals surface area contributed by atoms with E-state index in [0.717, 1.165) is 36.5 Å². The number of aryl methyl sites for hydroxylation is 1. The molecule has 0 bridgehead atoms. The van der Waals surface area contributed by atoms with Gasteiger partial charge in [-0.25, -0.2) is 5.43 Å². The van der Waals surface area contributed by atoms with Crippen LogP contribution in [0.3, 0.4) is 0 Å². The molecule has 8 heteroatoms. The standard InChI is InChI=1S/C22H23N7O/c1-14-17(5-8-24-12-16-3-6-23-7-4-16)15(2)27-19(14)11-18-21(28-29-22(18)30)20-13-25-9-10-26-20/h3-4,6-7,9-11,13,24,27H,5,8,12H2,1-2H3,(H,29,30). The van der Waals surface area contributed by atoms with Gasteiger partial charge in [-0.3, -0.25) is 19.7 Å². The number of aromatic nitrogens is 4. The maximum Gasteiger partial charge on any atom is 0.273 e. The summed E-state index contributed by atoms with van der Waals surface area (Å²) in [5.74, 6) is -0.247. The van der Waals surface area contributed by atoms with Crippen molar-refractivity contribution in [1.82, 2.24) is 30.7 Å². The molecular weight excluding hydrogens is 378 g/mol.